The van der Waals surface area contributed by atoms with Gasteiger partial charge >= 0.3 is 0 Å². The van der Waals surface area contributed by atoms with Gasteiger partial charge in [-0.1, -0.05) is 6.07 Å². The molecule has 88 valence electrons. The summed E-state index contributed by atoms with van der Waals surface area (Å²) in [5.74, 6) is -0.473. The van der Waals surface area contributed by atoms with Crippen molar-refractivity contribution in [3.63, 3.8) is 0 Å². The quantitative estimate of drug-likeness (QED) is 0.822. The van der Waals surface area contributed by atoms with Gasteiger partial charge in [-0.25, -0.2) is 4.39 Å². The minimum absolute atomic E-state index is 0.137. The van der Waals surface area contributed by atoms with E-state index in [1.54, 1.807) is 19.1 Å². The topological polar surface area (TPSA) is 41.1 Å². The molecule has 0 radical (unpaired) electrons. The predicted molar refractivity (Wildman–Crippen MR) is 62.9 cm³/mol. The van der Waals surface area contributed by atoms with E-state index >= 15 is 0 Å². The Balaban J connectivity index is 2.69. The van der Waals surface area contributed by atoms with E-state index in [0.717, 1.165) is 5.56 Å². The number of halogens is 1. The fourth-order valence-corrected chi connectivity index (χ4v) is 1.36. The highest BCUT2D eigenvalue weighted by Gasteiger charge is 2.13. The second kappa shape index (κ2) is 5.49. The minimum Gasteiger partial charge on any atom is -0.372 e. The fourth-order valence-electron chi connectivity index (χ4n) is 1.36. The maximum Gasteiger partial charge on any atom is 0.242 e. The van der Waals surface area contributed by atoms with E-state index in [9.17, 15) is 9.18 Å². The molecule has 0 aliphatic heterocycles. The summed E-state index contributed by atoms with van der Waals surface area (Å²) in [6.07, 6.45) is 0. The molecule has 0 saturated heterocycles. The summed E-state index contributed by atoms with van der Waals surface area (Å²) in [7, 11) is 0. The largest absolute Gasteiger partial charge is 0.372 e. The molecule has 0 saturated carbocycles. The Morgan fingerprint density at radius 2 is 2.19 bits per heavy atom. The lowest BCUT2D eigenvalue weighted by Gasteiger charge is -2.15. The fraction of sp³-hybridized carbons (Fsp3) is 0.417. The van der Waals surface area contributed by atoms with E-state index in [1.807, 2.05) is 13.8 Å². The third-order valence-electron chi connectivity index (χ3n) is 2.24. The van der Waals surface area contributed by atoms with Crippen LogP contribution in [0.25, 0.3) is 0 Å². The molecule has 0 aliphatic carbocycles. The molecular formula is C12H17FN2O. The van der Waals surface area contributed by atoms with Crippen LogP contribution in [0.15, 0.2) is 18.2 Å². The SMILES string of the molecule is CCNC(=O)C(C)Nc1ccc(C)cc1F. The Hall–Kier alpha value is -1.58. The number of hydrogen-bond donors (Lipinski definition) is 2. The molecule has 4 heteroatoms. The second-order valence-corrected chi connectivity index (χ2v) is 3.74. The molecule has 1 amide bonds. The van der Waals surface area contributed by atoms with Gasteiger partial charge in [0, 0.05) is 6.54 Å². The molecule has 0 bridgehead atoms. The molecule has 0 aliphatic rings. The van der Waals surface area contributed by atoms with E-state index in [4.69, 9.17) is 0 Å². The van der Waals surface area contributed by atoms with Crippen molar-refractivity contribution in [3.05, 3.63) is 29.6 Å². The van der Waals surface area contributed by atoms with E-state index < -0.39 is 6.04 Å². The number of carbonyl (C=O) groups excluding carboxylic acids is 1. The summed E-state index contributed by atoms with van der Waals surface area (Å²) in [6, 6.07) is 4.43. The molecule has 0 fully saturated rings. The number of likely N-dealkylation sites (N-methyl/N-ethyl adjacent to an activating group) is 1. The Bertz CT molecular complexity index is 379. The zero-order valence-corrected chi connectivity index (χ0v) is 9.80. The van der Waals surface area contributed by atoms with E-state index in [2.05, 4.69) is 10.6 Å². The first-order valence-electron chi connectivity index (χ1n) is 5.35. The Morgan fingerprint density at radius 3 is 2.75 bits per heavy atom. The lowest BCUT2D eigenvalue weighted by atomic mass is 10.2. The first-order chi connectivity index (χ1) is 7.54. The van der Waals surface area contributed by atoms with Crippen LogP contribution in [0.4, 0.5) is 10.1 Å². The van der Waals surface area contributed by atoms with Crippen LogP contribution in [-0.4, -0.2) is 18.5 Å². The van der Waals surface area contributed by atoms with Crippen LogP contribution >= 0.6 is 0 Å². The first kappa shape index (κ1) is 12.5. The van der Waals surface area contributed by atoms with Gasteiger partial charge in [-0.05, 0) is 38.5 Å². The smallest absolute Gasteiger partial charge is 0.242 e. The van der Waals surface area contributed by atoms with Crippen molar-refractivity contribution in [2.45, 2.75) is 26.8 Å². The van der Waals surface area contributed by atoms with Gasteiger partial charge in [0.2, 0.25) is 5.91 Å². The normalized spacial score (nSPS) is 12.0. The molecule has 1 rings (SSSR count). The van der Waals surface area contributed by atoms with Crippen molar-refractivity contribution in [1.29, 1.82) is 0 Å². The molecular weight excluding hydrogens is 207 g/mol. The molecule has 1 aromatic rings. The van der Waals surface area contributed by atoms with E-state index in [0.29, 0.717) is 12.2 Å². The van der Waals surface area contributed by atoms with Crippen molar-refractivity contribution in [1.82, 2.24) is 5.32 Å². The summed E-state index contributed by atoms with van der Waals surface area (Å²) in [6.45, 7) is 5.93. The molecule has 2 N–H and O–H groups in total. The molecule has 1 atom stereocenters. The summed E-state index contributed by atoms with van der Waals surface area (Å²) >= 11 is 0. The van der Waals surface area contributed by atoms with Crippen molar-refractivity contribution in [3.8, 4) is 0 Å². The van der Waals surface area contributed by atoms with Gasteiger partial charge in [0.1, 0.15) is 11.9 Å². The highest BCUT2D eigenvalue weighted by Crippen LogP contribution is 2.16. The minimum atomic E-state index is -0.447. The van der Waals surface area contributed by atoms with Gasteiger partial charge in [0.15, 0.2) is 0 Å². The average Bonchev–Trinajstić information content (AvgIpc) is 2.22. The Labute approximate surface area is 95.0 Å². The average molecular weight is 224 g/mol. The maximum atomic E-state index is 13.5. The summed E-state index contributed by atoms with van der Waals surface area (Å²) < 4.78 is 13.5. The first-order valence-corrected chi connectivity index (χ1v) is 5.35. The highest BCUT2D eigenvalue weighted by atomic mass is 19.1. The van der Waals surface area contributed by atoms with Gasteiger partial charge in [0.05, 0.1) is 5.69 Å². The molecule has 16 heavy (non-hydrogen) atoms. The third kappa shape index (κ3) is 3.22. The van der Waals surface area contributed by atoms with Crippen LogP contribution < -0.4 is 10.6 Å². The van der Waals surface area contributed by atoms with Gasteiger partial charge in [-0.15, -0.1) is 0 Å². The van der Waals surface area contributed by atoms with E-state index in [1.165, 1.54) is 6.07 Å². The highest BCUT2D eigenvalue weighted by molar-refractivity contribution is 5.84. The number of hydrogen-bond acceptors (Lipinski definition) is 2. The van der Waals surface area contributed by atoms with Crippen molar-refractivity contribution in [2.75, 3.05) is 11.9 Å². The van der Waals surface area contributed by atoms with Crippen molar-refractivity contribution >= 4 is 11.6 Å². The van der Waals surface area contributed by atoms with Crippen LogP contribution in [-0.2, 0) is 4.79 Å². The lowest BCUT2D eigenvalue weighted by molar-refractivity contribution is -0.121. The molecule has 3 nitrogen and oxygen atoms in total. The number of amides is 1. The number of benzene rings is 1. The zero-order valence-electron chi connectivity index (χ0n) is 9.80. The molecule has 0 spiro atoms. The van der Waals surface area contributed by atoms with Crippen LogP contribution in [0, 0.1) is 12.7 Å². The van der Waals surface area contributed by atoms with Gasteiger partial charge in [0.25, 0.3) is 0 Å². The van der Waals surface area contributed by atoms with Crippen molar-refractivity contribution < 1.29 is 9.18 Å². The van der Waals surface area contributed by atoms with E-state index in [-0.39, 0.29) is 11.7 Å². The summed E-state index contributed by atoms with van der Waals surface area (Å²) in [4.78, 5) is 11.4. The van der Waals surface area contributed by atoms with Gasteiger partial charge in [-0.3, -0.25) is 4.79 Å². The standard InChI is InChI=1S/C12H17FN2O/c1-4-14-12(16)9(3)15-11-6-5-8(2)7-10(11)13/h5-7,9,15H,4H2,1-3H3,(H,14,16). The Morgan fingerprint density at radius 1 is 1.50 bits per heavy atom. The number of aryl methyl sites for hydroxylation is 1. The van der Waals surface area contributed by atoms with Crippen LogP contribution in [0.1, 0.15) is 19.4 Å². The molecule has 1 aromatic carbocycles. The second-order valence-electron chi connectivity index (χ2n) is 3.74. The lowest BCUT2D eigenvalue weighted by Crippen LogP contribution is -2.37. The van der Waals surface area contributed by atoms with Crippen LogP contribution in [0.2, 0.25) is 0 Å². The number of carbonyl (C=O) groups is 1. The molecule has 1 unspecified atom stereocenters. The maximum absolute atomic E-state index is 13.5. The van der Waals surface area contributed by atoms with Crippen molar-refractivity contribution in [2.24, 2.45) is 0 Å². The summed E-state index contributed by atoms with van der Waals surface area (Å²) in [5.41, 5.74) is 1.21. The monoisotopic (exact) mass is 224 g/mol. The Kier molecular flexibility index (Phi) is 4.28. The van der Waals surface area contributed by atoms with Gasteiger partial charge in [-0.2, -0.15) is 0 Å². The van der Waals surface area contributed by atoms with Crippen LogP contribution in [0.5, 0.6) is 0 Å². The molecule has 0 heterocycles. The number of rotatable bonds is 4. The summed E-state index contributed by atoms with van der Waals surface area (Å²) in [5, 5.41) is 5.51. The third-order valence-corrected chi connectivity index (χ3v) is 2.24. The number of nitrogens with one attached hydrogen (secondary N) is 2. The predicted octanol–water partition coefficient (Wildman–Crippen LogP) is 2.07. The van der Waals surface area contributed by atoms with Crippen LogP contribution in [0.3, 0.4) is 0 Å². The van der Waals surface area contributed by atoms with Gasteiger partial charge < -0.3 is 10.6 Å². The zero-order chi connectivity index (χ0) is 12.1. The number of anilines is 1. The molecule has 0 aromatic heterocycles.